The van der Waals surface area contributed by atoms with Gasteiger partial charge in [0.05, 0.1) is 57.1 Å². The average molecular weight is 1070 g/mol. The number of aliphatic hydroxyl groups is 1. The van der Waals surface area contributed by atoms with Crippen molar-refractivity contribution < 1.29 is 33.6 Å². The molecule has 9 heterocycles. The van der Waals surface area contributed by atoms with Crippen LogP contribution in [0.4, 0.5) is 0 Å². The maximum Gasteiger partial charge on any atom is 0.272 e. The highest BCUT2D eigenvalue weighted by atomic mass is 32.2. The molecule has 5 fully saturated rings. The molecular formula is C57H85N9O7S2. The number of aliphatic hydroxyl groups excluding tert-OH is 1. The number of amides is 2. The van der Waals surface area contributed by atoms with E-state index in [2.05, 4.69) is 68.0 Å². The molecule has 3 N–H and O–H groups in total. The molecule has 18 heteroatoms. The van der Waals surface area contributed by atoms with Crippen LogP contribution in [-0.4, -0.2) is 199 Å². The Morgan fingerprint density at radius 3 is 1.77 bits per heavy atom. The summed E-state index contributed by atoms with van der Waals surface area (Å²) in [5, 5.41) is 23.7. The highest BCUT2D eigenvalue weighted by Gasteiger charge is 2.31. The molecule has 11 rings (SSSR count). The van der Waals surface area contributed by atoms with Gasteiger partial charge in [-0.3, -0.25) is 24.7 Å². The minimum absolute atomic E-state index is 0.0135. The summed E-state index contributed by atoms with van der Waals surface area (Å²) in [6.45, 7) is 24.0. The Morgan fingerprint density at radius 1 is 0.667 bits per heavy atom. The quantitative estimate of drug-likeness (QED) is 0.117. The fourth-order valence-corrected chi connectivity index (χ4v) is 13.2. The van der Waals surface area contributed by atoms with E-state index in [1.165, 1.54) is 108 Å². The molecule has 0 spiro atoms. The second-order valence-electron chi connectivity index (χ2n) is 21.2. The molecule has 1 unspecified atom stereocenters. The summed E-state index contributed by atoms with van der Waals surface area (Å²) in [7, 11) is 1.66. The van der Waals surface area contributed by atoms with Gasteiger partial charge in [0.1, 0.15) is 17.1 Å². The van der Waals surface area contributed by atoms with E-state index in [1.54, 1.807) is 30.6 Å². The summed E-state index contributed by atoms with van der Waals surface area (Å²) in [6, 6.07) is 14.1. The first-order valence-electron chi connectivity index (χ1n) is 28.0. The van der Waals surface area contributed by atoms with Gasteiger partial charge in [-0.15, -0.1) is 23.5 Å². The van der Waals surface area contributed by atoms with Gasteiger partial charge in [0.25, 0.3) is 11.8 Å². The number of likely N-dealkylation sites (tertiary alicyclic amines) is 2. The summed E-state index contributed by atoms with van der Waals surface area (Å²) in [5.41, 5.74) is 7.26. The second-order valence-corrected chi connectivity index (χ2v) is 23.3. The predicted molar refractivity (Wildman–Crippen MR) is 299 cm³/mol. The molecule has 7 aliphatic heterocycles. The number of hydrogen-bond acceptors (Lipinski definition) is 14. The molecule has 0 radical (unpaired) electrons. The SMILES string of the molecule is CC1(C)CN(CCN2CCCCC2)CCO1.CCCC(CCO)CCN1CCCCC1.COc1ccc2c(c1)SCc1c-2n[nH]c1C(=O)N1CCOCC1.O=C(c1[nH]nc2c1CSc1ccccc1-2)N1CCOCC1. The third-order valence-electron chi connectivity index (χ3n) is 15.3. The van der Waals surface area contributed by atoms with Crippen LogP contribution in [-0.2, 0) is 25.7 Å². The van der Waals surface area contributed by atoms with E-state index < -0.39 is 0 Å². The van der Waals surface area contributed by atoms with E-state index in [9.17, 15) is 9.59 Å². The number of benzene rings is 2. The van der Waals surface area contributed by atoms with Gasteiger partial charge in [0.15, 0.2) is 0 Å². The minimum Gasteiger partial charge on any atom is -0.497 e. The van der Waals surface area contributed by atoms with Crippen molar-refractivity contribution in [3.8, 4) is 28.3 Å². The zero-order valence-electron chi connectivity index (χ0n) is 45.4. The number of methoxy groups -OCH3 is 1. The van der Waals surface area contributed by atoms with Gasteiger partial charge in [-0.2, -0.15) is 10.2 Å². The van der Waals surface area contributed by atoms with Crippen molar-refractivity contribution in [3.63, 3.8) is 0 Å². The van der Waals surface area contributed by atoms with E-state index >= 15 is 0 Å². The number of morpholine rings is 3. The molecule has 0 saturated carbocycles. The Balaban J connectivity index is 0.000000135. The van der Waals surface area contributed by atoms with Crippen molar-refractivity contribution in [2.24, 2.45) is 5.92 Å². The number of rotatable bonds is 13. The van der Waals surface area contributed by atoms with E-state index in [-0.39, 0.29) is 17.4 Å². The Kier molecular flexibility index (Phi) is 22.2. The molecule has 0 aliphatic carbocycles. The minimum atomic E-state index is 0.0135. The number of aromatic amines is 2. The Bertz CT molecular complexity index is 2390. The van der Waals surface area contributed by atoms with E-state index in [4.69, 9.17) is 24.1 Å². The number of carbonyl (C=O) groups excluding carboxylic acids is 2. The van der Waals surface area contributed by atoms with Gasteiger partial charge in [0, 0.05) is 103 Å². The largest absolute Gasteiger partial charge is 0.497 e. The molecule has 4 aromatic rings. The van der Waals surface area contributed by atoms with Crippen LogP contribution in [0.15, 0.2) is 52.3 Å². The van der Waals surface area contributed by atoms with Crippen LogP contribution in [0.1, 0.15) is 117 Å². The van der Waals surface area contributed by atoms with Gasteiger partial charge in [-0.05, 0) is 115 Å². The number of aromatic nitrogens is 4. The standard InChI is InChI=1S/C16H17N3O3S.C15H15N3O2S.C13H26N2O.C13H27NO/c1-21-10-2-3-11-13(8-10)23-9-12-14(11)17-18-15(12)16(20)19-4-6-22-7-5-19;19-15(18-5-7-20-8-6-18)14-11-9-21-12-4-2-1-3-10(12)13(11)16-17-14;1-13(2)12-15(10-11-16-13)9-8-14-6-4-3-5-7-14;1-2-6-13(8-12-15)7-11-14-9-4-3-5-10-14/h2-3,8H,4-7,9H2,1H3,(H,17,18);1-4H,5-9H2,(H,16,17);3-12H2,1-2H3;13,15H,2-12H2,1H3. The zero-order valence-corrected chi connectivity index (χ0v) is 47.0. The molecule has 75 heavy (non-hydrogen) atoms. The first-order chi connectivity index (χ1) is 36.6. The number of H-pyrrole nitrogens is 2. The lowest BCUT2D eigenvalue weighted by molar-refractivity contribution is -0.0872. The number of thioether (sulfide) groups is 2. The second kappa shape index (κ2) is 29.1. The molecule has 0 bridgehead atoms. The predicted octanol–water partition coefficient (Wildman–Crippen LogP) is 8.56. The summed E-state index contributed by atoms with van der Waals surface area (Å²) in [6.07, 6.45) is 13.3. The highest BCUT2D eigenvalue weighted by molar-refractivity contribution is 7.99. The monoisotopic (exact) mass is 1070 g/mol. The summed E-state index contributed by atoms with van der Waals surface area (Å²) < 4.78 is 21.6. The van der Waals surface area contributed by atoms with Crippen LogP contribution in [0.2, 0.25) is 0 Å². The van der Waals surface area contributed by atoms with Crippen molar-refractivity contribution in [2.75, 3.05) is 132 Å². The lowest BCUT2D eigenvalue weighted by Gasteiger charge is -2.39. The van der Waals surface area contributed by atoms with Crippen LogP contribution >= 0.6 is 23.5 Å². The third kappa shape index (κ3) is 16.1. The lowest BCUT2D eigenvalue weighted by atomic mass is 9.96. The third-order valence-corrected chi connectivity index (χ3v) is 17.5. The summed E-state index contributed by atoms with van der Waals surface area (Å²) in [4.78, 5) is 39.1. The van der Waals surface area contributed by atoms with Gasteiger partial charge >= 0.3 is 0 Å². The number of carbonyl (C=O) groups is 2. The van der Waals surface area contributed by atoms with Crippen LogP contribution < -0.4 is 4.74 Å². The number of nitrogens with zero attached hydrogens (tertiary/aromatic N) is 7. The molecule has 16 nitrogen and oxygen atoms in total. The first kappa shape index (κ1) is 57.2. The number of fused-ring (bicyclic) bond motifs is 6. The topological polar surface area (TPSA) is 165 Å². The van der Waals surface area contributed by atoms with Crippen LogP contribution in [0.3, 0.4) is 0 Å². The fraction of sp³-hybridized carbons (Fsp3) is 0.649. The maximum atomic E-state index is 12.7. The Morgan fingerprint density at radius 2 is 1.21 bits per heavy atom. The van der Waals surface area contributed by atoms with Crippen LogP contribution in [0, 0.1) is 5.92 Å². The molecule has 7 aliphatic rings. The molecule has 2 aromatic carbocycles. The van der Waals surface area contributed by atoms with Crippen molar-refractivity contribution in [1.29, 1.82) is 0 Å². The average Bonchev–Trinajstić information content (AvgIpc) is 4.11. The first-order valence-corrected chi connectivity index (χ1v) is 30.0. The molecule has 2 aromatic heterocycles. The Hall–Kier alpha value is -3.98. The van der Waals surface area contributed by atoms with Crippen molar-refractivity contribution >= 4 is 35.3 Å². The summed E-state index contributed by atoms with van der Waals surface area (Å²) in [5.74, 6) is 3.15. The smallest absolute Gasteiger partial charge is 0.272 e. The molecule has 5 saturated heterocycles. The van der Waals surface area contributed by atoms with Gasteiger partial charge in [-0.1, -0.05) is 50.8 Å². The zero-order chi connectivity index (χ0) is 52.4. The molecular weight excluding hydrogens is 987 g/mol. The van der Waals surface area contributed by atoms with E-state index in [0.29, 0.717) is 70.6 Å². The number of hydrogen-bond donors (Lipinski definition) is 3. The number of piperidine rings is 2. The van der Waals surface area contributed by atoms with E-state index in [0.717, 1.165) is 87.8 Å². The van der Waals surface area contributed by atoms with Gasteiger partial charge in [0.2, 0.25) is 0 Å². The van der Waals surface area contributed by atoms with Crippen molar-refractivity contribution in [3.05, 3.63) is 65.0 Å². The summed E-state index contributed by atoms with van der Waals surface area (Å²) >= 11 is 3.47. The van der Waals surface area contributed by atoms with Gasteiger partial charge in [-0.25, -0.2) is 0 Å². The highest BCUT2D eigenvalue weighted by Crippen LogP contribution is 2.44. The number of ether oxygens (including phenoxy) is 4. The van der Waals surface area contributed by atoms with E-state index in [1.807, 2.05) is 40.1 Å². The van der Waals surface area contributed by atoms with Crippen molar-refractivity contribution in [2.45, 2.75) is 112 Å². The Labute approximate surface area is 454 Å². The fourth-order valence-electron chi connectivity index (χ4n) is 11.0. The molecule has 2 amide bonds. The van der Waals surface area contributed by atoms with Crippen molar-refractivity contribution in [1.82, 2.24) is 44.9 Å². The molecule has 1 atom stereocenters. The van der Waals surface area contributed by atoms with Crippen LogP contribution in [0.5, 0.6) is 5.75 Å². The lowest BCUT2D eigenvalue weighted by Crippen LogP contribution is -2.50. The molecule has 412 valence electrons. The normalized spacial score (nSPS) is 20.0. The maximum absolute atomic E-state index is 12.7. The number of nitrogens with one attached hydrogen (secondary N) is 2. The van der Waals surface area contributed by atoms with Gasteiger partial charge < -0.3 is 43.7 Å². The van der Waals surface area contributed by atoms with Crippen LogP contribution in [0.25, 0.3) is 22.5 Å².